The predicted molar refractivity (Wildman–Crippen MR) is 255 cm³/mol. The molecule has 0 amide bonds. The minimum absolute atomic E-state index is 0.0903. The second-order valence-electron chi connectivity index (χ2n) is 17.8. The van der Waals surface area contributed by atoms with Crippen LogP contribution < -0.4 is 0 Å². The fourth-order valence-corrected chi connectivity index (χ4v) is 8.13. The topological polar surface area (TPSA) is 50.9 Å². The van der Waals surface area contributed by atoms with Gasteiger partial charge < -0.3 is 5.11 Å². The average molecular weight is 799 g/mol. The van der Waals surface area contributed by atoms with E-state index in [0.29, 0.717) is 39.3 Å². The normalized spacial score (nSPS) is 13.1. The maximum absolute atomic E-state index is 12.5. The van der Waals surface area contributed by atoms with E-state index in [1.165, 1.54) is 0 Å². The number of phenols is 1. The Balaban J connectivity index is 1.39. The maximum atomic E-state index is 12.5. The van der Waals surface area contributed by atoms with Crippen molar-refractivity contribution in [1.29, 1.82) is 0 Å². The molecule has 0 atom stereocenters. The summed E-state index contributed by atoms with van der Waals surface area (Å²) in [5.74, 6) is 0.726. The first-order valence-corrected chi connectivity index (χ1v) is 20.7. The van der Waals surface area contributed by atoms with Crippen LogP contribution in [0.15, 0.2) is 176 Å². The molecule has 0 aliphatic rings. The Morgan fingerprint density at radius 2 is 1.23 bits per heavy atom. The average Bonchev–Trinajstić information content (AvgIpc) is 3.69. The van der Waals surface area contributed by atoms with Gasteiger partial charge in [-0.05, 0) is 111 Å². The highest BCUT2D eigenvalue weighted by Crippen LogP contribution is 2.46. The zero-order valence-electron chi connectivity index (χ0n) is 40.6. The van der Waals surface area contributed by atoms with E-state index >= 15 is 0 Å². The lowest BCUT2D eigenvalue weighted by molar-refractivity contribution is 0.446. The van der Waals surface area contributed by atoms with Gasteiger partial charge in [-0.2, -0.15) is 0 Å². The van der Waals surface area contributed by atoms with E-state index in [9.17, 15) is 5.11 Å². The first-order chi connectivity index (χ1) is 31.4. The first-order valence-electron chi connectivity index (χ1n) is 23.2. The van der Waals surface area contributed by atoms with Gasteiger partial charge in [-0.25, -0.2) is 4.98 Å². The van der Waals surface area contributed by atoms with Crippen molar-refractivity contribution in [3.05, 3.63) is 193 Å². The molecular formula is C57H51N3O. The second kappa shape index (κ2) is 15.5. The van der Waals surface area contributed by atoms with E-state index in [1.54, 1.807) is 6.20 Å². The van der Waals surface area contributed by atoms with Crippen molar-refractivity contribution in [2.45, 2.75) is 59.3 Å². The van der Waals surface area contributed by atoms with Crippen molar-refractivity contribution in [2.75, 3.05) is 0 Å². The number of hydrogen-bond donors (Lipinski definition) is 1. The van der Waals surface area contributed by atoms with E-state index in [0.717, 1.165) is 55.7 Å². The molecule has 0 saturated carbocycles. The minimum atomic E-state index is -0.454. The molecule has 2 heterocycles. The SMILES string of the molecule is [2H]c1c([2H])c([2H])c(-c2cc(-c3cc(-c4ccccc4)ccn3)cc(-c3cccc4c3nc(-c3cc(C(C)(C)C)cc(C(C)(C)C)c3O)n4-c3ccc(C)cc3-c3ccccc3)c2)c([2H])c1[2H]. The molecule has 0 spiro atoms. The van der Waals surface area contributed by atoms with Gasteiger partial charge in [0.2, 0.25) is 0 Å². The number of para-hydroxylation sites is 1. The van der Waals surface area contributed by atoms with Crippen molar-refractivity contribution in [3.63, 3.8) is 0 Å². The number of aromatic nitrogens is 3. The summed E-state index contributed by atoms with van der Waals surface area (Å²) in [6.45, 7) is 14.9. The van der Waals surface area contributed by atoms with E-state index in [2.05, 4.69) is 95.5 Å². The van der Waals surface area contributed by atoms with Crippen LogP contribution in [-0.2, 0) is 10.8 Å². The number of phenolic OH excluding ortho intramolecular Hbond substituents is 1. The Hall–Kier alpha value is -7.04. The third-order valence-corrected chi connectivity index (χ3v) is 11.4. The predicted octanol–water partition coefficient (Wildman–Crippen LogP) is 15.0. The molecule has 0 unspecified atom stereocenters. The third kappa shape index (κ3) is 7.66. The summed E-state index contributed by atoms with van der Waals surface area (Å²) in [5, 5.41) is 12.5. The molecule has 300 valence electrons. The van der Waals surface area contributed by atoms with E-state index in [-0.39, 0.29) is 28.8 Å². The van der Waals surface area contributed by atoms with Gasteiger partial charge in [-0.3, -0.25) is 9.55 Å². The standard InChI is InChI=1S/C57H51N3O/c1-37-26-27-51(47(30-37)40-22-15-10-16-23-40)60-52-25-17-24-46(53(52)59-55(60)48-35-45(56(2,3)4)36-49(54(48)61)57(5,6)7)43-31-42(39-20-13-9-14-21-39)32-44(33-43)50-34-41(28-29-58-50)38-18-11-8-12-19-38/h8-36,61H,1-7H3/i9D,13D,14D,20D,21D. The second-order valence-corrected chi connectivity index (χ2v) is 17.8. The Morgan fingerprint density at radius 3 is 1.93 bits per heavy atom. The summed E-state index contributed by atoms with van der Waals surface area (Å²) < 4.78 is 45.8. The van der Waals surface area contributed by atoms with Gasteiger partial charge in [-0.1, -0.05) is 162 Å². The van der Waals surface area contributed by atoms with Crippen LogP contribution in [-0.4, -0.2) is 19.6 Å². The van der Waals surface area contributed by atoms with Crippen LogP contribution >= 0.6 is 0 Å². The Bertz CT molecular complexity index is 3320. The van der Waals surface area contributed by atoms with Crippen molar-refractivity contribution < 1.29 is 12.0 Å². The van der Waals surface area contributed by atoms with Gasteiger partial charge in [0, 0.05) is 28.5 Å². The van der Waals surface area contributed by atoms with E-state index < -0.39 is 23.5 Å². The molecule has 1 N–H and O–H groups in total. The highest BCUT2D eigenvalue weighted by atomic mass is 16.3. The fraction of sp³-hybridized carbons (Fsp3) is 0.158. The quantitative estimate of drug-likeness (QED) is 0.175. The maximum Gasteiger partial charge on any atom is 0.149 e. The molecule has 0 bridgehead atoms. The molecular weight excluding hydrogens is 743 g/mol. The highest BCUT2D eigenvalue weighted by molar-refractivity contribution is 5.98. The van der Waals surface area contributed by atoms with Crippen LogP contribution in [0.1, 0.15) is 65.1 Å². The van der Waals surface area contributed by atoms with Gasteiger partial charge in [0.1, 0.15) is 11.6 Å². The Labute approximate surface area is 366 Å². The number of aryl methyl sites for hydroxylation is 1. The monoisotopic (exact) mass is 798 g/mol. The number of imidazole rings is 1. The van der Waals surface area contributed by atoms with Gasteiger partial charge >= 0.3 is 0 Å². The van der Waals surface area contributed by atoms with Crippen LogP contribution in [0, 0.1) is 6.92 Å². The number of hydrogen-bond acceptors (Lipinski definition) is 3. The molecule has 4 heteroatoms. The lowest BCUT2D eigenvalue weighted by Gasteiger charge is -2.27. The zero-order chi connectivity index (χ0) is 46.8. The Morgan fingerprint density at radius 1 is 0.541 bits per heavy atom. The zero-order valence-corrected chi connectivity index (χ0v) is 35.6. The lowest BCUT2D eigenvalue weighted by Crippen LogP contribution is -2.17. The molecule has 9 rings (SSSR count). The summed E-state index contributed by atoms with van der Waals surface area (Å²) in [6, 6.07) is 44.8. The van der Waals surface area contributed by atoms with Crippen LogP contribution in [0.5, 0.6) is 5.75 Å². The molecule has 0 fully saturated rings. The number of aromatic hydroxyl groups is 1. The van der Waals surface area contributed by atoms with Gasteiger partial charge in [0.05, 0.1) is 34.8 Å². The molecule has 0 saturated heterocycles. The molecule has 0 aliphatic heterocycles. The lowest BCUT2D eigenvalue weighted by atomic mass is 9.79. The minimum Gasteiger partial charge on any atom is -0.507 e. The Kier molecular flexibility index (Phi) is 8.59. The third-order valence-electron chi connectivity index (χ3n) is 11.4. The molecule has 9 aromatic rings. The summed E-state index contributed by atoms with van der Waals surface area (Å²) >= 11 is 0. The summed E-state index contributed by atoms with van der Waals surface area (Å²) in [7, 11) is 0. The molecule has 7 aromatic carbocycles. The van der Waals surface area contributed by atoms with E-state index in [4.69, 9.17) is 16.8 Å². The van der Waals surface area contributed by atoms with Crippen LogP contribution in [0.4, 0.5) is 0 Å². The van der Waals surface area contributed by atoms with Crippen molar-refractivity contribution in [1.82, 2.24) is 14.5 Å². The van der Waals surface area contributed by atoms with Crippen molar-refractivity contribution in [3.8, 4) is 78.6 Å². The largest absolute Gasteiger partial charge is 0.507 e. The van der Waals surface area contributed by atoms with Crippen molar-refractivity contribution >= 4 is 11.0 Å². The molecule has 2 aromatic heterocycles. The van der Waals surface area contributed by atoms with E-state index in [1.807, 2.05) is 97.1 Å². The van der Waals surface area contributed by atoms with Gasteiger partial charge in [0.25, 0.3) is 0 Å². The van der Waals surface area contributed by atoms with Crippen molar-refractivity contribution in [2.24, 2.45) is 0 Å². The van der Waals surface area contributed by atoms with Gasteiger partial charge in [-0.15, -0.1) is 0 Å². The first kappa shape index (κ1) is 33.8. The van der Waals surface area contributed by atoms with Crippen LogP contribution in [0.3, 0.4) is 0 Å². The number of fused-ring (bicyclic) bond motifs is 1. The smallest absolute Gasteiger partial charge is 0.149 e. The van der Waals surface area contributed by atoms with Crippen LogP contribution in [0.25, 0.3) is 83.9 Å². The van der Waals surface area contributed by atoms with Crippen LogP contribution in [0.2, 0.25) is 0 Å². The van der Waals surface area contributed by atoms with Gasteiger partial charge in [0.15, 0.2) is 0 Å². The highest BCUT2D eigenvalue weighted by Gasteiger charge is 2.29. The summed E-state index contributed by atoms with van der Waals surface area (Å²) in [6.07, 6.45) is 1.76. The molecule has 0 aliphatic carbocycles. The summed E-state index contributed by atoms with van der Waals surface area (Å²) in [4.78, 5) is 10.4. The molecule has 61 heavy (non-hydrogen) atoms. The molecule has 0 radical (unpaired) electrons. The fourth-order valence-electron chi connectivity index (χ4n) is 8.13. The summed E-state index contributed by atoms with van der Waals surface area (Å²) in [5.41, 5.74) is 12.6. The molecule has 4 nitrogen and oxygen atoms in total. The number of rotatable bonds is 7. The number of nitrogens with zero attached hydrogens (tertiary/aromatic N) is 3. The number of pyridine rings is 1. The number of benzene rings is 7.